The molecule has 1 aromatic rings. The number of hydrogen-bond acceptors (Lipinski definition) is 1. The molecular weight excluding hydrogens is 169 g/mol. The second-order valence-electron chi connectivity index (χ2n) is 1.74. The van der Waals surface area contributed by atoms with Crippen LogP contribution in [-0.4, -0.2) is 4.98 Å². The minimum absolute atomic E-state index is 0.144. The number of aromatic nitrogens is 1. The lowest BCUT2D eigenvalue weighted by atomic mass is 10.2. The molecule has 3 heteroatoms. The van der Waals surface area contributed by atoms with Crippen LogP contribution in [0.25, 0.3) is 0 Å². The number of rotatable bonds is 0. The van der Waals surface area contributed by atoms with Crippen molar-refractivity contribution in [1.82, 2.24) is 4.98 Å². The Kier molecular flexibility index (Phi) is 2.17. The van der Waals surface area contributed by atoms with Gasteiger partial charge in [0.15, 0.2) is 0 Å². The van der Waals surface area contributed by atoms with Crippen molar-refractivity contribution in [3.05, 3.63) is 41.3 Å². The molecule has 1 aromatic heterocycles. The van der Waals surface area contributed by atoms with Crippen LogP contribution in [0.1, 0.15) is 11.1 Å². The van der Waals surface area contributed by atoms with Gasteiger partial charge in [-0.1, -0.05) is 23.2 Å². The second kappa shape index (κ2) is 2.77. The standard InChI is InChI=1S/C7H3Cl2N/c1-4-3-6(8)10-7(9)5(4)2/h1-3H. The number of nitrogens with zero attached hydrogens (tertiary/aromatic N) is 1. The molecule has 0 atom stereocenters. The number of pyridine rings is 1. The molecule has 0 N–H and O–H groups in total. The molecule has 0 aliphatic rings. The minimum Gasteiger partial charge on any atom is -0.224 e. The van der Waals surface area contributed by atoms with Crippen molar-refractivity contribution in [2.24, 2.45) is 0 Å². The van der Waals surface area contributed by atoms with Crippen LogP contribution in [0.3, 0.4) is 0 Å². The Morgan fingerprint density at radius 1 is 1.30 bits per heavy atom. The Labute approximate surface area is 70.0 Å². The molecule has 10 heavy (non-hydrogen) atoms. The van der Waals surface area contributed by atoms with Crippen molar-refractivity contribution in [1.29, 1.82) is 0 Å². The van der Waals surface area contributed by atoms with Crippen LogP contribution in [0.2, 0.25) is 10.3 Å². The van der Waals surface area contributed by atoms with E-state index in [0.29, 0.717) is 5.56 Å². The molecule has 0 saturated heterocycles. The molecule has 0 bridgehead atoms. The molecule has 0 aliphatic carbocycles. The van der Waals surface area contributed by atoms with E-state index in [1.165, 1.54) is 6.07 Å². The van der Waals surface area contributed by atoms with Crippen LogP contribution in [0.5, 0.6) is 0 Å². The normalized spacial score (nSPS) is 10.0. The van der Waals surface area contributed by atoms with E-state index in [2.05, 4.69) is 4.98 Å². The monoisotopic (exact) mass is 171 g/mol. The van der Waals surface area contributed by atoms with Crippen molar-refractivity contribution in [2.45, 2.75) is 0 Å². The molecule has 0 aromatic carbocycles. The van der Waals surface area contributed by atoms with E-state index >= 15 is 0 Å². The van der Waals surface area contributed by atoms with Gasteiger partial charge < -0.3 is 0 Å². The Hall–Kier alpha value is -0.270. The molecule has 0 saturated carbocycles. The van der Waals surface area contributed by atoms with Gasteiger partial charge >= 0.3 is 0 Å². The summed E-state index contributed by atoms with van der Waals surface area (Å²) < 4.78 is 0. The predicted molar refractivity (Wildman–Crippen MR) is 41.1 cm³/mol. The van der Waals surface area contributed by atoms with Gasteiger partial charge in [-0.15, -0.1) is 0 Å². The summed E-state index contributed by atoms with van der Waals surface area (Å²) in [5, 5.41) is 0.390. The summed E-state index contributed by atoms with van der Waals surface area (Å²) in [6.45, 7) is 10.8. The van der Waals surface area contributed by atoms with Crippen LogP contribution in [0.4, 0.5) is 0 Å². The van der Waals surface area contributed by atoms with Gasteiger partial charge in [0.05, 0.1) is 0 Å². The zero-order valence-electron chi connectivity index (χ0n) is 4.94. The molecule has 1 heterocycles. The summed E-state index contributed by atoms with van der Waals surface area (Å²) >= 11 is 11.0. The summed E-state index contributed by atoms with van der Waals surface area (Å²) in [6, 6.07) is 1.45. The molecule has 0 amide bonds. The predicted octanol–water partition coefficient (Wildman–Crippen LogP) is 2.51. The van der Waals surface area contributed by atoms with Gasteiger partial charge in [0.1, 0.15) is 10.3 Å². The first kappa shape index (κ1) is 7.83. The lowest BCUT2D eigenvalue weighted by Gasteiger charge is -1.99. The van der Waals surface area contributed by atoms with E-state index in [4.69, 9.17) is 37.0 Å². The third-order valence-electron chi connectivity index (χ3n) is 1.01. The SMILES string of the molecule is [CH]c1cc(Cl)nc(Cl)c1[CH]. The van der Waals surface area contributed by atoms with E-state index in [-0.39, 0.29) is 15.9 Å². The maximum atomic E-state index is 5.52. The van der Waals surface area contributed by atoms with E-state index in [9.17, 15) is 0 Å². The third kappa shape index (κ3) is 1.41. The molecule has 0 aliphatic heterocycles. The van der Waals surface area contributed by atoms with Gasteiger partial charge in [-0.3, -0.25) is 0 Å². The van der Waals surface area contributed by atoms with Crippen LogP contribution in [-0.2, 0) is 0 Å². The van der Waals surface area contributed by atoms with Gasteiger partial charge in [0, 0.05) is 6.92 Å². The first-order valence-corrected chi connectivity index (χ1v) is 3.24. The number of halogens is 2. The second-order valence-corrected chi connectivity index (χ2v) is 2.48. The topological polar surface area (TPSA) is 12.9 Å². The smallest absolute Gasteiger partial charge is 0.134 e. The van der Waals surface area contributed by atoms with E-state index in [1.54, 1.807) is 0 Å². The Balaban J connectivity index is 3.31. The van der Waals surface area contributed by atoms with Gasteiger partial charge in [0.25, 0.3) is 0 Å². The van der Waals surface area contributed by atoms with Crippen LogP contribution >= 0.6 is 23.2 Å². The van der Waals surface area contributed by atoms with E-state index < -0.39 is 0 Å². The molecule has 1 rings (SSSR count). The highest BCUT2D eigenvalue weighted by Gasteiger charge is 2.01. The average Bonchev–Trinajstić information content (AvgIpc) is 1.82. The highest BCUT2D eigenvalue weighted by molar-refractivity contribution is 6.33. The van der Waals surface area contributed by atoms with Crippen molar-refractivity contribution in [2.75, 3.05) is 0 Å². The van der Waals surface area contributed by atoms with Crippen molar-refractivity contribution in [3.63, 3.8) is 0 Å². The van der Waals surface area contributed by atoms with Crippen LogP contribution in [0.15, 0.2) is 6.07 Å². The first-order chi connectivity index (χ1) is 4.61. The summed E-state index contributed by atoms with van der Waals surface area (Å²) in [5.74, 6) is 0. The van der Waals surface area contributed by atoms with Crippen molar-refractivity contribution in [3.8, 4) is 0 Å². The molecule has 0 spiro atoms. The zero-order valence-corrected chi connectivity index (χ0v) is 6.45. The average molecular weight is 172 g/mol. The third-order valence-corrected chi connectivity index (χ3v) is 1.49. The van der Waals surface area contributed by atoms with Crippen molar-refractivity contribution < 1.29 is 0 Å². The maximum Gasteiger partial charge on any atom is 0.134 e. The fourth-order valence-electron chi connectivity index (χ4n) is 0.511. The Bertz CT molecular complexity index is 235. The molecule has 1 nitrogen and oxygen atoms in total. The minimum atomic E-state index is 0.144. The Morgan fingerprint density at radius 3 is 2.40 bits per heavy atom. The van der Waals surface area contributed by atoms with Gasteiger partial charge in [-0.05, 0) is 24.1 Å². The van der Waals surface area contributed by atoms with Gasteiger partial charge in [0.2, 0.25) is 0 Å². The molecule has 0 unspecified atom stereocenters. The highest BCUT2D eigenvalue weighted by Crippen LogP contribution is 2.19. The quantitative estimate of drug-likeness (QED) is 0.548. The van der Waals surface area contributed by atoms with E-state index in [1.807, 2.05) is 0 Å². The Morgan fingerprint density at radius 2 is 1.90 bits per heavy atom. The summed E-state index contributed by atoms with van der Waals surface area (Å²) in [4.78, 5) is 3.66. The maximum absolute atomic E-state index is 5.52. The summed E-state index contributed by atoms with van der Waals surface area (Å²) in [6.07, 6.45) is 0. The van der Waals surface area contributed by atoms with Gasteiger partial charge in [-0.2, -0.15) is 0 Å². The lowest BCUT2D eigenvalue weighted by Crippen LogP contribution is -1.86. The number of hydrogen-bond donors (Lipinski definition) is 0. The van der Waals surface area contributed by atoms with Crippen LogP contribution in [0, 0.1) is 13.8 Å². The molecular formula is C7H3Cl2N. The first-order valence-electron chi connectivity index (χ1n) is 2.48. The van der Waals surface area contributed by atoms with Crippen molar-refractivity contribution >= 4 is 23.2 Å². The van der Waals surface area contributed by atoms with Gasteiger partial charge in [-0.25, -0.2) is 4.98 Å². The fraction of sp³-hybridized carbons (Fsp3) is 0. The fourth-order valence-corrected chi connectivity index (χ4v) is 0.957. The lowest BCUT2D eigenvalue weighted by molar-refractivity contribution is 1.28. The largest absolute Gasteiger partial charge is 0.224 e. The highest BCUT2D eigenvalue weighted by atomic mass is 35.5. The molecule has 4 radical (unpaired) electrons. The summed E-state index contributed by atoms with van der Waals surface area (Å²) in [7, 11) is 0. The van der Waals surface area contributed by atoms with E-state index in [0.717, 1.165) is 0 Å². The molecule has 50 valence electrons. The zero-order chi connectivity index (χ0) is 7.72. The molecule has 0 fully saturated rings. The van der Waals surface area contributed by atoms with Crippen LogP contribution < -0.4 is 0 Å². The summed E-state index contributed by atoms with van der Waals surface area (Å²) in [5.41, 5.74) is 0.621.